The second-order valence-electron chi connectivity index (χ2n) is 12.6. The summed E-state index contributed by atoms with van der Waals surface area (Å²) in [4.78, 5) is 0. The molecule has 1 atom stereocenters. The Bertz CT molecular complexity index is 1010. The minimum Gasteiger partial charge on any atom is -0.388 e. The minimum atomic E-state index is -0.750. The molecule has 0 aliphatic carbocycles. The van der Waals surface area contributed by atoms with Gasteiger partial charge < -0.3 is 24.1 Å². The van der Waals surface area contributed by atoms with E-state index in [2.05, 4.69) is 43.3 Å². The first-order valence-corrected chi connectivity index (χ1v) is 18.5. The molecule has 3 aromatic carbocycles. The van der Waals surface area contributed by atoms with Gasteiger partial charge in [0.15, 0.2) is 0 Å². The van der Waals surface area contributed by atoms with Crippen LogP contribution in [0.1, 0.15) is 114 Å². The van der Waals surface area contributed by atoms with Crippen molar-refractivity contribution in [3.05, 3.63) is 108 Å². The Hall–Kier alpha value is -2.54. The fraction of sp³-hybridized carbons (Fsp3) is 0.571. The number of benzene rings is 3. The second-order valence-corrected chi connectivity index (χ2v) is 12.6. The van der Waals surface area contributed by atoms with Gasteiger partial charge in [-0.25, -0.2) is 0 Å². The van der Waals surface area contributed by atoms with E-state index < -0.39 is 11.7 Å². The molecule has 3 aromatic rings. The van der Waals surface area contributed by atoms with Gasteiger partial charge in [0.2, 0.25) is 0 Å². The first-order chi connectivity index (χ1) is 23.3. The lowest BCUT2D eigenvalue weighted by molar-refractivity contribution is -0.0492. The molecule has 5 nitrogen and oxygen atoms in total. The summed E-state index contributed by atoms with van der Waals surface area (Å²) in [7, 11) is 0. The van der Waals surface area contributed by atoms with Gasteiger partial charge in [0.1, 0.15) is 11.7 Å². The third kappa shape index (κ3) is 15.5. The third-order valence-electron chi connectivity index (χ3n) is 8.72. The van der Waals surface area contributed by atoms with Gasteiger partial charge in [0.05, 0.1) is 39.6 Å². The number of unbranched alkanes of at least 4 members (excludes halogenated alkanes) is 13. The van der Waals surface area contributed by atoms with E-state index in [9.17, 15) is 5.11 Å². The number of rotatable bonds is 29. The van der Waals surface area contributed by atoms with E-state index in [1.807, 2.05) is 54.6 Å². The van der Waals surface area contributed by atoms with Crippen LogP contribution in [0.5, 0.6) is 0 Å². The zero-order valence-corrected chi connectivity index (χ0v) is 29.2. The summed E-state index contributed by atoms with van der Waals surface area (Å²) in [6.45, 7) is 5.24. The van der Waals surface area contributed by atoms with Crippen molar-refractivity contribution in [3.8, 4) is 0 Å². The molecule has 0 aliphatic heterocycles. The maximum absolute atomic E-state index is 10.2. The minimum absolute atomic E-state index is 0.248. The van der Waals surface area contributed by atoms with Crippen LogP contribution in [0.2, 0.25) is 0 Å². The van der Waals surface area contributed by atoms with Gasteiger partial charge >= 0.3 is 0 Å². The first-order valence-electron chi connectivity index (χ1n) is 18.5. The van der Waals surface area contributed by atoms with Crippen LogP contribution in [0.4, 0.5) is 0 Å². The molecular formula is C42H62O5. The Morgan fingerprint density at radius 1 is 0.447 bits per heavy atom. The molecule has 0 spiro atoms. The molecule has 260 valence electrons. The number of ether oxygens (including phenoxy) is 4. The van der Waals surface area contributed by atoms with Gasteiger partial charge in [0, 0.05) is 6.61 Å². The predicted molar refractivity (Wildman–Crippen MR) is 194 cm³/mol. The van der Waals surface area contributed by atoms with Crippen molar-refractivity contribution in [2.24, 2.45) is 0 Å². The van der Waals surface area contributed by atoms with Crippen molar-refractivity contribution >= 4 is 0 Å². The molecule has 0 aliphatic rings. The van der Waals surface area contributed by atoms with Crippen molar-refractivity contribution in [3.63, 3.8) is 0 Å². The van der Waals surface area contributed by atoms with Crippen LogP contribution < -0.4 is 0 Å². The average molecular weight is 647 g/mol. The monoisotopic (exact) mass is 646 g/mol. The Balaban J connectivity index is 1.21. The summed E-state index contributed by atoms with van der Waals surface area (Å²) < 4.78 is 23.9. The van der Waals surface area contributed by atoms with Crippen LogP contribution in [-0.4, -0.2) is 57.5 Å². The van der Waals surface area contributed by atoms with Gasteiger partial charge in [-0.05, 0) is 23.1 Å². The van der Waals surface area contributed by atoms with Crippen LogP contribution in [0.15, 0.2) is 91.0 Å². The summed E-state index contributed by atoms with van der Waals surface area (Å²) in [6.07, 6.45) is 18.2. The van der Waals surface area contributed by atoms with E-state index in [1.54, 1.807) is 0 Å². The summed E-state index contributed by atoms with van der Waals surface area (Å²) in [5, 5.41) is 10.2. The van der Waals surface area contributed by atoms with Crippen LogP contribution in [-0.2, 0) is 24.5 Å². The zero-order valence-electron chi connectivity index (χ0n) is 29.2. The van der Waals surface area contributed by atoms with Gasteiger partial charge in [-0.1, -0.05) is 181 Å². The topological polar surface area (TPSA) is 57.2 Å². The molecular weight excluding hydrogens is 584 g/mol. The highest BCUT2D eigenvalue weighted by molar-refractivity contribution is 5.47. The van der Waals surface area contributed by atoms with Gasteiger partial charge in [0.25, 0.3) is 0 Å². The highest BCUT2D eigenvalue weighted by Gasteiger charge is 2.37. The lowest BCUT2D eigenvalue weighted by Gasteiger charge is -2.36. The molecule has 1 unspecified atom stereocenters. The summed E-state index contributed by atoms with van der Waals surface area (Å²) in [6, 6.07) is 31.1. The molecule has 0 saturated carbocycles. The normalized spacial score (nSPS) is 12.4. The molecule has 47 heavy (non-hydrogen) atoms. The van der Waals surface area contributed by atoms with Gasteiger partial charge in [-0.2, -0.15) is 0 Å². The lowest BCUT2D eigenvalue weighted by Crippen LogP contribution is -2.34. The summed E-state index contributed by atoms with van der Waals surface area (Å²) >= 11 is 0. The first kappa shape index (κ1) is 38.9. The van der Waals surface area contributed by atoms with E-state index in [-0.39, 0.29) is 6.61 Å². The summed E-state index contributed by atoms with van der Waals surface area (Å²) in [5.74, 6) is 0. The zero-order chi connectivity index (χ0) is 33.1. The van der Waals surface area contributed by atoms with Gasteiger partial charge in [-0.3, -0.25) is 0 Å². The molecule has 0 fully saturated rings. The van der Waals surface area contributed by atoms with Crippen molar-refractivity contribution in [1.29, 1.82) is 0 Å². The van der Waals surface area contributed by atoms with Crippen LogP contribution in [0.3, 0.4) is 0 Å². The fourth-order valence-electron chi connectivity index (χ4n) is 6.13. The molecule has 0 heterocycles. The summed E-state index contributed by atoms with van der Waals surface area (Å²) in [5.41, 5.74) is 2.46. The van der Waals surface area contributed by atoms with Crippen LogP contribution in [0, 0.1) is 0 Å². The SMILES string of the molecule is CCCCCCCCCCCCCCCCOCC(O)COCCOCCOC(c1ccccc1)(c1ccccc1)c1ccccc1. The number of hydrogen-bond donors (Lipinski definition) is 1. The van der Waals surface area contributed by atoms with E-state index in [1.165, 1.54) is 83.5 Å². The van der Waals surface area contributed by atoms with Crippen molar-refractivity contribution in [1.82, 2.24) is 0 Å². The molecule has 5 heteroatoms. The van der Waals surface area contributed by atoms with E-state index in [0.29, 0.717) is 39.6 Å². The average Bonchev–Trinajstić information content (AvgIpc) is 3.12. The smallest absolute Gasteiger partial charge is 0.143 e. The highest BCUT2D eigenvalue weighted by Crippen LogP contribution is 2.40. The predicted octanol–water partition coefficient (Wildman–Crippen LogP) is 9.89. The van der Waals surface area contributed by atoms with Gasteiger partial charge in [-0.15, -0.1) is 0 Å². The lowest BCUT2D eigenvalue weighted by atomic mass is 9.80. The standard InChI is InChI=1S/C42H62O5/c1-2-3-4-5-6-7-8-9-10-11-12-13-14-24-31-45-36-41(43)37-46-33-32-44-34-35-47-42(38-25-18-15-19-26-38,39-27-20-16-21-28-39)40-29-22-17-23-30-40/h15-23,25-30,41,43H,2-14,24,31-37H2,1H3. The molecule has 0 aromatic heterocycles. The second kappa shape index (κ2) is 25.5. The largest absolute Gasteiger partial charge is 0.388 e. The maximum atomic E-state index is 10.2. The number of aliphatic hydroxyl groups excluding tert-OH is 1. The molecule has 0 bridgehead atoms. The third-order valence-corrected chi connectivity index (χ3v) is 8.72. The number of aliphatic hydroxyl groups is 1. The Morgan fingerprint density at radius 3 is 1.26 bits per heavy atom. The molecule has 1 N–H and O–H groups in total. The molecule has 0 saturated heterocycles. The van der Waals surface area contributed by atoms with Crippen LogP contribution >= 0.6 is 0 Å². The molecule has 0 amide bonds. The quantitative estimate of drug-likeness (QED) is 0.0601. The maximum Gasteiger partial charge on any atom is 0.143 e. The van der Waals surface area contributed by atoms with E-state index in [0.717, 1.165) is 23.1 Å². The van der Waals surface area contributed by atoms with Crippen LogP contribution in [0.25, 0.3) is 0 Å². The Kier molecular flexibility index (Phi) is 21.1. The fourth-order valence-corrected chi connectivity index (χ4v) is 6.13. The van der Waals surface area contributed by atoms with E-state index in [4.69, 9.17) is 18.9 Å². The Morgan fingerprint density at radius 2 is 0.809 bits per heavy atom. The highest BCUT2D eigenvalue weighted by atomic mass is 16.6. The number of hydrogen-bond acceptors (Lipinski definition) is 5. The van der Waals surface area contributed by atoms with Crippen molar-refractivity contribution in [2.45, 2.75) is 109 Å². The van der Waals surface area contributed by atoms with E-state index >= 15 is 0 Å². The molecule has 3 rings (SSSR count). The molecule has 0 radical (unpaired) electrons. The van der Waals surface area contributed by atoms with Crippen molar-refractivity contribution < 1.29 is 24.1 Å². The Labute approximate surface area is 286 Å². The van der Waals surface area contributed by atoms with Crippen molar-refractivity contribution in [2.75, 3.05) is 46.2 Å².